The number of hydrogen-bond donors (Lipinski definition) is 1. The summed E-state index contributed by atoms with van der Waals surface area (Å²) in [6, 6.07) is 9.94. The fourth-order valence-electron chi connectivity index (χ4n) is 2.17. The van der Waals surface area contributed by atoms with Crippen molar-refractivity contribution in [3.05, 3.63) is 30.3 Å². The zero-order valence-corrected chi connectivity index (χ0v) is 9.48. The van der Waals surface area contributed by atoms with E-state index >= 15 is 0 Å². The predicted octanol–water partition coefficient (Wildman–Crippen LogP) is 2.12. The Bertz CT molecular complexity index is 350. The average Bonchev–Trinajstić information content (AvgIpc) is 2.66. The second kappa shape index (κ2) is 5.01. The lowest BCUT2D eigenvalue weighted by Crippen LogP contribution is -2.41. The summed E-state index contributed by atoms with van der Waals surface area (Å²) in [7, 11) is 0. The van der Waals surface area contributed by atoms with Gasteiger partial charge in [-0.1, -0.05) is 18.2 Å². The molecule has 0 spiro atoms. The molecule has 1 amide bonds. The summed E-state index contributed by atoms with van der Waals surface area (Å²) < 4.78 is 5.87. The lowest BCUT2D eigenvalue weighted by molar-refractivity contribution is -0.120. The van der Waals surface area contributed by atoms with E-state index in [2.05, 4.69) is 5.32 Å². The smallest absolute Gasteiger partial charge is 0.217 e. The maximum absolute atomic E-state index is 11.0. The molecule has 1 aliphatic carbocycles. The number of ether oxygens (including phenoxy) is 1. The van der Waals surface area contributed by atoms with Crippen LogP contribution in [0.25, 0.3) is 0 Å². The fourth-order valence-corrected chi connectivity index (χ4v) is 2.17. The molecule has 0 radical (unpaired) electrons. The van der Waals surface area contributed by atoms with E-state index in [-0.39, 0.29) is 18.1 Å². The molecule has 1 aliphatic rings. The van der Waals surface area contributed by atoms with E-state index in [1.165, 1.54) is 0 Å². The van der Waals surface area contributed by atoms with E-state index in [0.29, 0.717) is 0 Å². The molecule has 1 fully saturated rings. The third-order valence-electron chi connectivity index (χ3n) is 2.87. The van der Waals surface area contributed by atoms with Crippen LogP contribution in [0.5, 0.6) is 5.75 Å². The fraction of sp³-hybridized carbons (Fsp3) is 0.462. The van der Waals surface area contributed by atoms with Crippen molar-refractivity contribution in [1.29, 1.82) is 0 Å². The summed E-state index contributed by atoms with van der Waals surface area (Å²) in [6.07, 6.45) is 3.26. The molecule has 0 aliphatic heterocycles. The summed E-state index contributed by atoms with van der Waals surface area (Å²) in [5.41, 5.74) is 0. The van der Waals surface area contributed by atoms with Gasteiger partial charge in [0.2, 0.25) is 5.91 Å². The van der Waals surface area contributed by atoms with Crippen LogP contribution < -0.4 is 10.1 Å². The maximum atomic E-state index is 11.0. The normalized spacial score (nSPS) is 24.1. The van der Waals surface area contributed by atoms with Gasteiger partial charge >= 0.3 is 0 Å². The Balaban J connectivity index is 1.96. The van der Waals surface area contributed by atoms with Crippen LogP contribution in [0.4, 0.5) is 0 Å². The Morgan fingerprint density at radius 3 is 2.75 bits per heavy atom. The zero-order valence-electron chi connectivity index (χ0n) is 9.48. The molecule has 3 heteroatoms. The lowest BCUT2D eigenvalue weighted by Gasteiger charge is -2.21. The van der Waals surface area contributed by atoms with Crippen molar-refractivity contribution in [2.75, 3.05) is 0 Å². The van der Waals surface area contributed by atoms with Crippen molar-refractivity contribution in [2.24, 2.45) is 0 Å². The van der Waals surface area contributed by atoms with Crippen LogP contribution >= 0.6 is 0 Å². The van der Waals surface area contributed by atoms with Crippen molar-refractivity contribution in [3.63, 3.8) is 0 Å². The number of benzene rings is 1. The van der Waals surface area contributed by atoms with Gasteiger partial charge in [-0.3, -0.25) is 4.79 Å². The summed E-state index contributed by atoms with van der Waals surface area (Å²) in [6.45, 7) is 1.55. The van der Waals surface area contributed by atoms with E-state index in [9.17, 15) is 4.79 Å². The van der Waals surface area contributed by atoms with Gasteiger partial charge in [0, 0.05) is 6.92 Å². The van der Waals surface area contributed by atoms with E-state index in [4.69, 9.17) is 4.74 Å². The third-order valence-corrected chi connectivity index (χ3v) is 2.87. The first-order valence-corrected chi connectivity index (χ1v) is 5.74. The number of carbonyl (C=O) groups excluding carboxylic acids is 1. The minimum atomic E-state index is 0.0218. The van der Waals surface area contributed by atoms with Gasteiger partial charge in [-0.2, -0.15) is 0 Å². The molecule has 1 saturated carbocycles. The van der Waals surface area contributed by atoms with Crippen LogP contribution in [0.15, 0.2) is 30.3 Å². The summed E-state index contributed by atoms with van der Waals surface area (Å²) >= 11 is 0. The van der Waals surface area contributed by atoms with Crippen molar-refractivity contribution < 1.29 is 9.53 Å². The highest BCUT2D eigenvalue weighted by molar-refractivity contribution is 5.73. The average molecular weight is 219 g/mol. The minimum Gasteiger partial charge on any atom is -0.488 e. The Labute approximate surface area is 95.8 Å². The first kappa shape index (κ1) is 11.0. The Hall–Kier alpha value is -1.51. The second-order valence-electron chi connectivity index (χ2n) is 4.21. The molecule has 2 atom stereocenters. The summed E-state index contributed by atoms with van der Waals surface area (Å²) in [5, 5.41) is 2.95. The Morgan fingerprint density at radius 2 is 2.06 bits per heavy atom. The van der Waals surface area contributed by atoms with Gasteiger partial charge in [-0.15, -0.1) is 0 Å². The Kier molecular flexibility index (Phi) is 3.44. The van der Waals surface area contributed by atoms with Gasteiger partial charge in [-0.25, -0.2) is 0 Å². The highest BCUT2D eigenvalue weighted by Gasteiger charge is 2.29. The summed E-state index contributed by atoms with van der Waals surface area (Å²) in [4.78, 5) is 11.0. The molecular formula is C13H17NO2. The number of hydrogen-bond acceptors (Lipinski definition) is 2. The number of carbonyl (C=O) groups is 1. The van der Waals surface area contributed by atoms with Gasteiger partial charge < -0.3 is 10.1 Å². The van der Waals surface area contributed by atoms with Crippen LogP contribution in [0.3, 0.4) is 0 Å². The highest BCUT2D eigenvalue weighted by Crippen LogP contribution is 2.24. The molecule has 1 aromatic carbocycles. The highest BCUT2D eigenvalue weighted by atomic mass is 16.5. The third kappa shape index (κ3) is 2.75. The predicted molar refractivity (Wildman–Crippen MR) is 62.3 cm³/mol. The van der Waals surface area contributed by atoms with Crippen molar-refractivity contribution in [1.82, 2.24) is 5.32 Å². The minimum absolute atomic E-state index is 0.0218. The second-order valence-corrected chi connectivity index (χ2v) is 4.21. The molecule has 0 heterocycles. The molecule has 86 valence electrons. The quantitative estimate of drug-likeness (QED) is 0.845. The molecule has 2 rings (SSSR count). The first-order chi connectivity index (χ1) is 7.75. The van der Waals surface area contributed by atoms with Crippen molar-refractivity contribution >= 4 is 5.91 Å². The number of nitrogens with one attached hydrogen (secondary N) is 1. The first-order valence-electron chi connectivity index (χ1n) is 5.74. The van der Waals surface area contributed by atoms with E-state index in [1.807, 2.05) is 30.3 Å². The molecule has 3 nitrogen and oxygen atoms in total. The standard InChI is InChI=1S/C13H17NO2/c1-10(15)14-12-8-5-9-13(12)16-11-6-3-2-4-7-11/h2-4,6-7,12-13H,5,8-9H2,1H3,(H,14,15)/t12-,13-/m1/s1. The number of rotatable bonds is 3. The van der Waals surface area contributed by atoms with Crippen molar-refractivity contribution in [3.8, 4) is 5.75 Å². The van der Waals surface area contributed by atoms with Crippen LogP contribution in [0.2, 0.25) is 0 Å². The summed E-state index contributed by atoms with van der Waals surface area (Å²) in [5.74, 6) is 0.901. The molecule has 0 aromatic heterocycles. The number of amides is 1. The molecule has 0 saturated heterocycles. The van der Waals surface area contributed by atoms with Crippen LogP contribution in [0.1, 0.15) is 26.2 Å². The molecule has 1 aromatic rings. The SMILES string of the molecule is CC(=O)N[C@@H]1CCC[C@H]1Oc1ccccc1. The van der Waals surface area contributed by atoms with Crippen LogP contribution in [0, 0.1) is 0 Å². The molecule has 0 bridgehead atoms. The van der Waals surface area contributed by atoms with E-state index in [1.54, 1.807) is 6.92 Å². The van der Waals surface area contributed by atoms with Gasteiger partial charge in [0.15, 0.2) is 0 Å². The topological polar surface area (TPSA) is 38.3 Å². The monoisotopic (exact) mass is 219 g/mol. The van der Waals surface area contributed by atoms with Crippen LogP contribution in [-0.4, -0.2) is 18.1 Å². The molecular weight excluding hydrogens is 202 g/mol. The maximum Gasteiger partial charge on any atom is 0.217 e. The molecule has 1 N–H and O–H groups in total. The van der Waals surface area contributed by atoms with Gasteiger partial charge in [0.1, 0.15) is 11.9 Å². The van der Waals surface area contributed by atoms with Crippen LogP contribution in [-0.2, 0) is 4.79 Å². The molecule has 0 unspecified atom stereocenters. The molecule has 16 heavy (non-hydrogen) atoms. The lowest BCUT2D eigenvalue weighted by atomic mass is 10.2. The Morgan fingerprint density at radius 1 is 1.31 bits per heavy atom. The van der Waals surface area contributed by atoms with Crippen molar-refractivity contribution in [2.45, 2.75) is 38.3 Å². The largest absolute Gasteiger partial charge is 0.488 e. The zero-order chi connectivity index (χ0) is 11.4. The van der Waals surface area contributed by atoms with Gasteiger partial charge in [0.25, 0.3) is 0 Å². The number of para-hydroxylation sites is 1. The van der Waals surface area contributed by atoms with Gasteiger partial charge in [-0.05, 0) is 31.4 Å². The van der Waals surface area contributed by atoms with E-state index in [0.717, 1.165) is 25.0 Å². The van der Waals surface area contributed by atoms with Gasteiger partial charge in [0.05, 0.1) is 6.04 Å². The van der Waals surface area contributed by atoms with E-state index < -0.39 is 0 Å².